The molecule has 1 unspecified atom stereocenters. The number of hydrogen-bond donors (Lipinski definition) is 0. The van der Waals surface area contributed by atoms with Crippen molar-refractivity contribution in [1.29, 1.82) is 0 Å². The molecule has 2 aliphatic rings. The van der Waals surface area contributed by atoms with Crippen LogP contribution in [0.15, 0.2) is 47.4 Å². The van der Waals surface area contributed by atoms with Gasteiger partial charge in [0.1, 0.15) is 0 Å². The lowest BCUT2D eigenvalue weighted by Gasteiger charge is -2.31. The highest BCUT2D eigenvalue weighted by Gasteiger charge is 2.34. The zero-order valence-corrected chi connectivity index (χ0v) is 15.9. The number of rotatable bonds is 4. The summed E-state index contributed by atoms with van der Waals surface area (Å²) in [6.07, 6.45) is 1.35. The zero-order chi connectivity index (χ0) is 19.0. The Morgan fingerprint density at radius 1 is 1.07 bits per heavy atom. The minimum atomic E-state index is -3.69. The van der Waals surface area contributed by atoms with Gasteiger partial charge in [-0.15, -0.1) is 0 Å². The van der Waals surface area contributed by atoms with Crippen LogP contribution < -0.4 is 9.47 Å². The third-order valence-electron chi connectivity index (χ3n) is 5.07. The van der Waals surface area contributed by atoms with E-state index in [2.05, 4.69) is 0 Å². The minimum absolute atomic E-state index is 0.000543. The summed E-state index contributed by atoms with van der Waals surface area (Å²) in [5.41, 5.74) is 1.72. The Kier molecular flexibility index (Phi) is 4.65. The van der Waals surface area contributed by atoms with Gasteiger partial charge in [-0.3, -0.25) is 4.79 Å². The van der Waals surface area contributed by atoms with Crippen LogP contribution in [0.3, 0.4) is 0 Å². The molecule has 0 amide bonds. The van der Waals surface area contributed by atoms with Gasteiger partial charge in [0.25, 0.3) is 0 Å². The van der Waals surface area contributed by atoms with Crippen molar-refractivity contribution in [3.8, 4) is 11.5 Å². The van der Waals surface area contributed by atoms with Crippen LogP contribution in [0.5, 0.6) is 11.5 Å². The molecule has 0 N–H and O–H groups in total. The molecule has 0 saturated carbocycles. The molecule has 2 aromatic carbocycles. The predicted octanol–water partition coefficient (Wildman–Crippen LogP) is 3.01. The number of Topliss-reactive ketones (excluding diaryl/α,β-unsaturated/α-hetero) is 1. The number of carbonyl (C=O) groups excluding carboxylic acids is 1. The second-order valence-electron chi connectivity index (χ2n) is 6.95. The van der Waals surface area contributed by atoms with Gasteiger partial charge in [-0.25, -0.2) is 8.42 Å². The molecular formula is C20H21NO5S. The molecule has 27 heavy (non-hydrogen) atoms. The van der Waals surface area contributed by atoms with E-state index >= 15 is 0 Å². The van der Waals surface area contributed by atoms with Crippen molar-refractivity contribution in [3.05, 3.63) is 53.6 Å². The van der Waals surface area contributed by atoms with Crippen molar-refractivity contribution in [2.75, 3.05) is 19.9 Å². The molecule has 0 aromatic heterocycles. The summed E-state index contributed by atoms with van der Waals surface area (Å²) in [4.78, 5) is 13.0. The fourth-order valence-corrected chi connectivity index (χ4v) is 5.05. The van der Waals surface area contributed by atoms with Gasteiger partial charge >= 0.3 is 0 Å². The van der Waals surface area contributed by atoms with E-state index in [0.717, 1.165) is 5.56 Å². The van der Waals surface area contributed by atoms with Crippen LogP contribution in [-0.2, 0) is 10.0 Å². The molecule has 1 saturated heterocycles. The van der Waals surface area contributed by atoms with Gasteiger partial charge in [0.2, 0.25) is 16.8 Å². The van der Waals surface area contributed by atoms with Crippen molar-refractivity contribution in [2.24, 2.45) is 5.92 Å². The summed E-state index contributed by atoms with van der Waals surface area (Å²) in [7, 11) is -3.69. The number of nitrogens with zero attached hydrogens (tertiary/aromatic N) is 1. The Morgan fingerprint density at radius 3 is 2.59 bits per heavy atom. The van der Waals surface area contributed by atoms with Gasteiger partial charge < -0.3 is 9.47 Å². The van der Waals surface area contributed by atoms with E-state index < -0.39 is 10.0 Å². The third kappa shape index (κ3) is 3.44. The fourth-order valence-electron chi connectivity index (χ4n) is 3.51. The molecule has 142 valence electrons. The first kappa shape index (κ1) is 18.0. The summed E-state index contributed by atoms with van der Waals surface area (Å²) < 4.78 is 38.0. The average molecular weight is 387 g/mol. The summed E-state index contributed by atoms with van der Waals surface area (Å²) >= 11 is 0. The molecule has 1 atom stereocenters. The van der Waals surface area contributed by atoms with Gasteiger partial charge in [-0.05, 0) is 31.9 Å². The Labute approximate surface area is 158 Å². The highest BCUT2D eigenvalue weighted by Crippen LogP contribution is 2.35. The van der Waals surface area contributed by atoms with Crippen LogP contribution >= 0.6 is 0 Å². The largest absolute Gasteiger partial charge is 0.454 e. The van der Waals surface area contributed by atoms with Crippen molar-refractivity contribution in [3.63, 3.8) is 0 Å². The smallest absolute Gasteiger partial charge is 0.243 e. The third-order valence-corrected chi connectivity index (χ3v) is 6.93. The van der Waals surface area contributed by atoms with Crippen molar-refractivity contribution in [1.82, 2.24) is 4.31 Å². The van der Waals surface area contributed by atoms with Crippen LogP contribution in [-0.4, -0.2) is 38.4 Å². The van der Waals surface area contributed by atoms with E-state index in [1.54, 1.807) is 6.07 Å². The average Bonchev–Trinajstić information content (AvgIpc) is 3.16. The number of ketones is 1. The number of ether oxygens (including phenoxy) is 2. The first-order valence-corrected chi connectivity index (χ1v) is 10.4. The van der Waals surface area contributed by atoms with Gasteiger partial charge in [-0.2, -0.15) is 4.31 Å². The predicted molar refractivity (Wildman–Crippen MR) is 99.6 cm³/mol. The number of fused-ring (bicyclic) bond motifs is 1. The molecule has 0 bridgehead atoms. The van der Waals surface area contributed by atoms with E-state index in [0.29, 0.717) is 36.4 Å². The molecule has 0 spiro atoms. The number of piperidine rings is 1. The van der Waals surface area contributed by atoms with Crippen LogP contribution in [0.4, 0.5) is 0 Å². The minimum Gasteiger partial charge on any atom is -0.454 e. The Morgan fingerprint density at radius 2 is 1.81 bits per heavy atom. The second-order valence-corrected chi connectivity index (χ2v) is 8.89. The highest BCUT2D eigenvalue weighted by atomic mass is 32.2. The molecule has 1 fully saturated rings. The van der Waals surface area contributed by atoms with E-state index in [1.165, 1.54) is 16.4 Å². The SMILES string of the molecule is Cc1ccc(C(=O)C2CCCN(S(=O)(=O)c3ccc4c(c3)OCO4)C2)cc1. The standard InChI is InChI=1S/C20H21NO5S/c1-14-4-6-15(7-5-14)20(22)16-3-2-10-21(12-16)27(23,24)17-8-9-18-19(11-17)26-13-25-18/h4-9,11,16H,2-3,10,12-13H2,1H3. The first-order valence-electron chi connectivity index (χ1n) is 8.96. The molecule has 7 heteroatoms. The Bertz CT molecular complexity index is 968. The van der Waals surface area contributed by atoms with Crippen molar-refractivity contribution < 1.29 is 22.7 Å². The highest BCUT2D eigenvalue weighted by molar-refractivity contribution is 7.89. The van der Waals surface area contributed by atoms with Gasteiger partial charge in [0.05, 0.1) is 4.90 Å². The molecule has 2 heterocycles. The molecule has 2 aromatic rings. The summed E-state index contributed by atoms with van der Waals surface area (Å²) in [6, 6.07) is 12.0. The summed E-state index contributed by atoms with van der Waals surface area (Å²) in [6.45, 7) is 2.67. The van der Waals surface area contributed by atoms with Gasteiger partial charge in [-0.1, -0.05) is 29.8 Å². The molecule has 0 radical (unpaired) electrons. The second kappa shape index (κ2) is 6.98. The molecule has 6 nitrogen and oxygen atoms in total. The Balaban J connectivity index is 1.55. The first-order chi connectivity index (χ1) is 12.9. The topological polar surface area (TPSA) is 72.9 Å². The fraction of sp³-hybridized carbons (Fsp3) is 0.350. The quantitative estimate of drug-likeness (QED) is 0.754. The molecule has 0 aliphatic carbocycles. The van der Waals surface area contributed by atoms with E-state index in [4.69, 9.17) is 9.47 Å². The summed E-state index contributed by atoms with van der Waals surface area (Å²) in [5, 5.41) is 0. The van der Waals surface area contributed by atoms with E-state index in [1.807, 2.05) is 31.2 Å². The van der Waals surface area contributed by atoms with Crippen LogP contribution in [0.2, 0.25) is 0 Å². The molecule has 4 rings (SSSR count). The Hall–Kier alpha value is -2.38. The van der Waals surface area contributed by atoms with E-state index in [-0.39, 0.29) is 29.9 Å². The zero-order valence-electron chi connectivity index (χ0n) is 15.1. The summed E-state index contributed by atoms with van der Waals surface area (Å²) in [5.74, 6) is 0.645. The maximum Gasteiger partial charge on any atom is 0.243 e. The molecular weight excluding hydrogens is 366 g/mol. The number of carbonyl (C=O) groups is 1. The lowest BCUT2D eigenvalue weighted by Crippen LogP contribution is -2.42. The normalized spacial score (nSPS) is 19.8. The molecule has 2 aliphatic heterocycles. The van der Waals surface area contributed by atoms with Crippen LogP contribution in [0.25, 0.3) is 0 Å². The maximum absolute atomic E-state index is 13.1. The number of aryl methyl sites for hydroxylation is 1. The van der Waals surface area contributed by atoms with E-state index in [9.17, 15) is 13.2 Å². The van der Waals surface area contributed by atoms with Crippen molar-refractivity contribution in [2.45, 2.75) is 24.7 Å². The van der Waals surface area contributed by atoms with Gasteiger partial charge in [0.15, 0.2) is 17.3 Å². The monoisotopic (exact) mass is 387 g/mol. The number of benzene rings is 2. The lowest BCUT2D eigenvalue weighted by atomic mass is 9.91. The van der Waals surface area contributed by atoms with Crippen LogP contribution in [0, 0.1) is 12.8 Å². The van der Waals surface area contributed by atoms with Crippen molar-refractivity contribution >= 4 is 15.8 Å². The van der Waals surface area contributed by atoms with Gasteiger partial charge in [0, 0.05) is 30.6 Å². The maximum atomic E-state index is 13.1. The lowest BCUT2D eigenvalue weighted by molar-refractivity contribution is 0.0872. The number of hydrogen-bond acceptors (Lipinski definition) is 5. The number of sulfonamides is 1. The van der Waals surface area contributed by atoms with Crippen LogP contribution in [0.1, 0.15) is 28.8 Å².